The number of halogens is 4. The summed E-state index contributed by atoms with van der Waals surface area (Å²) in [5.41, 5.74) is -0.210. The number of urea groups is 1. The summed E-state index contributed by atoms with van der Waals surface area (Å²) in [6, 6.07) is 2.62. The van der Waals surface area contributed by atoms with Gasteiger partial charge in [0.05, 0.1) is 13.3 Å². The lowest BCUT2D eigenvalue weighted by Crippen LogP contribution is -2.28. The van der Waals surface area contributed by atoms with E-state index in [-0.39, 0.29) is 17.3 Å². The van der Waals surface area contributed by atoms with Gasteiger partial charge in [-0.2, -0.15) is 4.39 Å². The number of carbonyl (C=O) groups is 1. The fourth-order valence-electron chi connectivity index (χ4n) is 2.38. The number of ether oxygens (including phenoxy) is 1. The number of benzene rings is 1. The Balaban J connectivity index is 1.96. The Bertz CT molecular complexity index is 1070. The maximum atomic E-state index is 14.3. The van der Waals surface area contributed by atoms with Crippen LogP contribution in [0, 0.1) is 17.5 Å². The van der Waals surface area contributed by atoms with E-state index in [4.69, 9.17) is 11.6 Å². The molecule has 2 heterocycles. The Morgan fingerprint density at radius 3 is 2.55 bits per heavy atom. The van der Waals surface area contributed by atoms with Gasteiger partial charge in [0, 0.05) is 6.54 Å². The lowest BCUT2D eigenvalue weighted by atomic mass is 10.2. The van der Waals surface area contributed by atoms with E-state index in [1.165, 1.54) is 12.3 Å². The fourth-order valence-corrected chi connectivity index (χ4v) is 2.59. The van der Waals surface area contributed by atoms with E-state index in [1.54, 1.807) is 13.0 Å². The monoisotopic (exact) mass is 426 g/mol. The van der Waals surface area contributed by atoms with Crippen LogP contribution < -0.4 is 20.7 Å². The summed E-state index contributed by atoms with van der Waals surface area (Å²) in [5, 5.41) is 6.72. The number of methoxy groups -OCH3 is 1. The van der Waals surface area contributed by atoms with E-state index in [9.17, 15) is 18.0 Å². The molecule has 0 aliphatic rings. The molecule has 2 aromatic heterocycles. The van der Waals surface area contributed by atoms with Crippen molar-refractivity contribution in [2.45, 2.75) is 6.92 Å². The number of carbonyl (C=O) groups excluding carboxylic acids is 1. The molecule has 0 atom stereocenters. The molecule has 3 N–H and O–H groups in total. The standard InChI is InChI=1S/C17H14ClF3N6O2/c1-3-22-17(28)27-8-5-4-7-16(25-8)26-9(6-23-7)24-14-10(18)11(19)15(29-2)13(21)12(14)20/h4-6H,3H2,1-2H3,(H3,22,24,25,26,27,28). The molecule has 3 rings (SSSR count). The second kappa shape index (κ2) is 8.35. The van der Waals surface area contributed by atoms with Gasteiger partial charge >= 0.3 is 6.03 Å². The maximum absolute atomic E-state index is 14.3. The number of anilines is 3. The Hall–Kier alpha value is -3.34. The first-order valence-electron chi connectivity index (χ1n) is 8.21. The Labute approximate surface area is 167 Å². The predicted molar refractivity (Wildman–Crippen MR) is 101 cm³/mol. The van der Waals surface area contributed by atoms with E-state index < -0.39 is 39.9 Å². The second-order valence-corrected chi connectivity index (χ2v) is 5.95. The summed E-state index contributed by atoms with van der Waals surface area (Å²) < 4.78 is 46.8. The van der Waals surface area contributed by atoms with Gasteiger partial charge in [0.15, 0.2) is 28.8 Å². The predicted octanol–water partition coefficient (Wildman–Crippen LogP) is 3.99. The molecule has 0 aliphatic carbocycles. The van der Waals surface area contributed by atoms with Crippen LogP contribution in [0.2, 0.25) is 5.02 Å². The number of fused-ring (bicyclic) bond motifs is 1. The van der Waals surface area contributed by atoms with Crippen molar-refractivity contribution in [3.05, 3.63) is 40.8 Å². The SMILES string of the molecule is CCNC(=O)Nc1ccc2ncc(Nc3c(F)c(F)c(OC)c(F)c3Cl)nc2n1. The van der Waals surface area contributed by atoms with Crippen molar-refractivity contribution in [2.75, 3.05) is 24.3 Å². The molecule has 29 heavy (non-hydrogen) atoms. The van der Waals surface area contributed by atoms with Gasteiger partial charge in [0.1, 0.15) is 22.0 Å². The fraction of sp³-hybridized carbons (Fsp3) is 0.176. The first-order chi connectivity index (χ1) is 13.8. The third-order valence-corrected chi connectivity index (χ3v) is 4.02. The van der Waals surface area contributed by atoms with Gasteiger partial charge in [0.2, 0.25) is 5.82 Å². The zero-order valence-corrected chi connectivity index (χ0v) is 15.9. The van der Waals surface area contributed by atoms with Crippen molar-refractivity contribution >= 4 is 46.1 Å². The van der Waals surface area contributed by atoms with Crippen LogP contribution in [0.1, 0.15) is 6.92 Å². The number of rotatable bonds is 5. The molecule has 2 amide bonds. The summed E-state index contributed by atoms with van der Waals surface area (Å²) in [7, 11) is 0.983. The molecule has 1 aromatic carbocycles. The molecular weight excluding hydrogens is 413 g/mol. The molecule has 0 spiro atoms. The Morgan fingerprint density at radius 1 is 1.14 bits per heavy atom. The quantitative estimate of drug-likeness (QED) is 0.533. The highest BCUT2D eigenvalue weighted by Crippen LogP contribution is 2.38. The van der Waals surface area contributed by atoms with Crippen molar-refractivity contribution in [3.8, 4) is 5.75 Å². The molecule has 3 aromatic rings. The minimum absolute atomic E-state index is 0.0788. The summed E-state index contributed by atoms with van der Waals surface area (Å²) in [4.78, 5) is 23.9. The largest absolute Gasteiger partial charge is 0.491 e. The topological polar surface area (TPSA) is 101 Å². The van der Waals surface area contributed by atoms with Gasteiger partial charge in [0.25, 0.3) is 0 Å². The van der Waals surface area contributed by atoms with Crippen LogP contribution in [0.15, 0.2) is 18.3 Å². The first kappa shape index (κ1) is 20.4. The normalized spacial score (nSPS) is 10.7. The molecule has 0 fully saturated rings. The smallest absolute Gasteiger partial charge is 0.320 e. The van der Waals surface area contributed by atoms with E-state index in [1.807, 2.05) is 0 Å². The zero-order valence-electron chi connectivity index (χ0n) is 15.1. The third-order valence-electron chi connectivity index (χ3n) is 3.67. The molecule has 12 heteroatoms. The number of hydrogen-bond acceptors (Lipinski definition) is 6. The maximum Gasteiger partial charge on any atom is 0.320 e. The van der Waals surface area contributed by atoms with Crippen LogP contribution in [-0.2, 0) is 0 Å². The third kappa shape index (κ3) is 4.09. The van der Waals surface area contributed by atoms with Crippen LogP contribution in [0.4, 0.5) is 35.3 Å². The number of hydrogen-bond donors (Lipinski definition) is 3. The molecule has 152 valence electrons. The highest BCUT2D eigenvalue weighted by atomic mass is 35.5. The van der Waals surface area contributed by atoms with Gasteiger partial charge < -0.3 is 15.4 Å². The molecule has 0 saturated carbocycles. The zero-order chi connectivity index (χ0) is 21.1. The Morgan fingerprint density at radius 2 is 1.86 bits per heavy atom. The van der Waals surface area contributed by atoms with Gasteiger partial charge in [-0.25, -0.2) is 28.5 Å². The van der Waals surface area contributed by atoms with Crippen LogP contribution in [0.25, 0.3) is 11.2 Å². The number of amides is 2. The Kier molecular flexibility index (Phi) is 5.87. The average molecular weight is 427 g/mol. The molecule has 0 radical (unpaired) electrons. The molecule has 0 bridgehead atoms. The van der Waals surface area contributed by atoms with Crippen molar-refractivity contribution in [1.82, 2.24) is 20.3 Å². The van der Waals surface area contributed by atoms with Crippen molar-refractivity contribution in [3.63, 3.8) is 0 Å². The van der Waals surface area contributed by atoms with Crippen LogP contribution in [-0.4, -0.2) is 34.6 Å². The minimum atomic E-state index is -1.54. The lowest BCUT2D eigenvalue weighted by Gasteiger charge is -2.13. The average Bonchev–Trinajstić information content (AvgIpc) is 2.70. The molecule has 0 aliphatic heterocycles. The molecule has 0 unspecified atom stereocenters. The van der Waals surface area contributed by atoms with Crippen LogP contribution in [0.3, 0.4) is 0 Å². The number of pyridine rings is 1. The van der Waals surface area contributed by atoms with E-state index in [2.05, 4.69) is 35.6 Å². The van der Waals surface area contributed by atoms with Gasteiger partial charge in [-0.05, 0) is 19.1 Å². The second-order valence-electron chi connectivity index (χ2n) is 5.57. The summed E-state index contributed by atoms with van der Waals surface area (Å²) in [6.45, 7) is 2.18. The van der Waals surface area contributed by atoms with Crippen LogP contribution in [0.5, 0.6) is 5.75 Å². The van der Waals surface area contributed by atoms with Gasteiger partial charge in [-0.15, -0.1) is 0 Å². The summed E-state index contributed by atoms with van der Waals surface area (Å²) in [6.07, 6.45) is 1.21. The summed E-state index contributed by atoms with van der Waals surface area (Å²) >= 11 is 5.79. The molecule has 0 saturated heterocycles. The lowest BCUT2D eigenvalue weighted by molar-refractivity contribution is 0.252. The number of aromatic nitrogens is 3. The van der Waals surface area contributed by atoms with Crippen LogP contribution >= 0.6 is 11.6 Å². The molecular formula is C17H14ClF3N6O2. The number of nitrogens with one attached hydrogen (secondary N) is 3. The van der Waals surface area contributed by atoms with E-state index >= 15 is 0 Å². The number of nitrogens with zero attached hydrogens (tertiary/aromatic N) is 3. The minimum Gasteiger partial charge on any atom is -0.491 e. The van der Waals surface area contributed by atoms with E-state index in [0.717, 1.165) is 7.11 Å². The highest BCUT2D eigenvalue weighted by molar-refractivity contribution is 6.33. The highest BCUT2D eigenvalue weighted by Gasteiger charge is 2.25. The summed E-state index contributed by atoms with van der Waals surface area (Å²) in [5.74, 6) is -5.08. The molecule has 8 nitrogen and oxygen atoms in total. The van der Waals surface area contributed by atoms with E-state index in [0.29, 0.717) is 12.1 Å². The van der Waals surface area contributed by atoms with Gasteiger partial charge in [-0.3, -0.25) is 5.32 Å². The van der Waals surface area contributed by atoms with Crippen molar-refractivity contribution in [2.24, 2.45) is 0 Å². The first-order valence-corrected chi connectivity index (χ1v) is 8.59. The van der Waals surface area contributed by atoms with Crippen molar-refractivity contribution in [1.29, 1.82) is 0 Å². The van der Waals surface area contributed by atoms with Gasteiger partial charge in [-0.1, -0.05) is 11.6 Å². The van der Waals surface area contributed by atoms with Crippen molar-refractivity contribution < 1.29 is 22.7 Å².